The molecule has 0 aliphatic carbocycles. The van der Waals surface area contributed by atoms with Crippen LogP contribution < -0.4 is 10.1 Å². The fraction of sp³-hybridized carbons (Fsp3) is 0.400. The molecule has 0 aromatic heterocycles. The van der Waals surface area contributed by atoms with Gasteiger partial charge in [-0.05, 0) is 25.1 Å². The fourth-order valence-corrected chi connectivity index (χ4v) is 1.46. The van der Waals surface area contributed by atoms with Gasteiger partial charge in [-0.25, -0.2) is 0 Å². The second-order valence-electron chi connectivity index (χ2n) is 3.52. The maximum Gasteiger partial charge on any atom is 0.416 e. The van der Waals surface area contributed by atoms with Crippen LogP contribution in [-0.4, -0.2) is 12.6 Å². The van der Waals surface area contributed by atoms with E-state index in [4.69, 9.17) is 4.74 Å². The maximum absolute atomic E-state index is 12.4. The van der Waals surface area contributed by atoms with Gasteiger partial charge >= 0.3 is 6.18 Å². The number of ether oxygens (including phenoxy) is 1. The van der Waals surface area contributed by atoms with E-state index in [2.05, 4.69) is 5.32 Å². The van der Waals surface area contributed by atoms with E-state index in [1.54, 1.807) is 0 Å². The third-order valence-corrected chi connectivity index (χ3v) is 2.22. The van der Waals surface area contributed by atoms with E-state index in [1.807, 2.05) is 6.92 Å². The third-order valence-electron chi connectivity index (χ3n) is 2.22. The first-order chi connectivity index (χ1) is 6.97. The SMILES string of the molecule is CC1CNc2cc(C(F)(F)F)ccc2O1. The number of hydrogen-bond acceptors (Lipinski definition) is 2. The van der Waals surface area contributed by atoms with E-state index in [1.165, 1.54) is 6.07 Å². The average molecular weight is 217 g/mol. The Morgan fingerprint density at radius 1 is 1.40 bits per heavy atom. The molecule has 2 rings (SSSR count). The molecule has 0 saturated heterocycles. The van der Waals surface area contributed by atoms with Gasteiger partial charge in [0.1, 0.15) is 11.9 Å². The number of halogens is 3. The van der Waals surface area contributed by atoms with Gasteiger partial charge in [0.2, 0.25) is 0 Å². The Labute approximate surface area is 85.0 Å². The molecular formula is C10H10F3NO. The number of fused-ring (bicyclic) bond motifs is 1. The van der Waals surface area contributed by atoms with Crippen LogP contribution in [-0.2, 0) is 6.18 Å². The summed E-state index contributed by atoms with van der Waals surface area (Å²) in [6, 6.07) is 3.45. The lowest BCUT2D eigenvalue weighted by Crippen LogP contribution is -2.27. The van der Waals surface area contributed by atoms with Crippen molar-refractivity contribution < 1.29 is 17.9 Å². The maximum atomic E-state index is 12.4. The molecule has 1 N–H and O–H groups in total. The summed E-state index contributed by atoms with van der Waals surface area (Å²) in [6.45, 7) is 2.38. The minimum absolute atomic E-state index is 0.0192. The molecule has 2 nitrogen and oxygen atoms in total. The molecule has 1 aromatic rings. The van der Waals surface area contributed by atoms with Crippen LogP contribution in [0.1, 0.15) is 12.5 Å². The van der Waals surface area contributed by atoms with Crippen molar-refractivity contribution >= 4 is 5.69 Å². The zero-order valence-electron chi connectivity index (χ0n) is 8.06. The lowest BCUT2D eigenvalue weighted by molar-refractivity contribution is -0.137. The van der Waals surface area contributed by atoms with E-state index < -0.39 is 11.7 Å². The van der Waals surface area contributed by atoms with Crippen molar-refractivity contribution in [1.82, 2.24) is 0 Å². The topological polar surface area (TPSA) is 21.3 Å². The smallest absolute Gasteiger partial charge is 0.416 e. The van der Waals surface area contributed by atoms with Gasteiger partial charge in [0.05, 0.1) is 17.8 Å². The van der Waals surface area contributed by atoms with Crippen LogP contribution >= 0.6 is 0 Å². The normalized spacial score (nSPS) is 20.1. The van der Waals surface area contributed by atoms with Crippen LogP contribution in [0.3, 0.4) is 0 Å². The lowest BCUT2D eigenvalue weighted by Gasteiger charge is -2.25. The highest BCUT2D eigenvalue weighted by molar-refractivity contribution is 5.59. The standard InChI is InChI=1S/C10H10F3NO/c1-6-5-14-8-4-7(10(11,12)13)2-3-9(8)15-6/h2-4,6,14H,5H2,1H3. The number of nitrogens with one attached hydrogen (secondary N) is 1. The van der Waals surface area contributed by atoms with E-state index in [9.17, 15) is 13.2 Å². The molecule has 0 bridgehead atoms. The zero-order chi connectivity index (χ0) is 11.1. The van der Waals surface area contributed by atoms with Crippen molar-refractivity contribution in [3.05, 3.63) is 23.8 Å². The van der Waals surface area contributed by atoms with E-state index in [0.29, 0.717) is 18.0 Å². The summed E-state index contributed by atoms with van der Waals surface area (Å²) in [5.74, 6) is 0.474. The van der Waals surface area contributed by atoms with E-state index >= 15 is 0 Å². The number of alkyl halides is 3. The first-order valence-corrected chi connectivity index (χ1v) is 4.58. The molecule has 1 aliphatic rings. The van der Waals surface area contributed by atoms with Crippen LogP contribution in [0.15, 0.2) is 18.2 Å². The molecule has 0 fully saturated rings. The van der Waals surface area contributed by atoms with Crippen LogP contribution in [0.5, 0.6) is 5.75 Å². The Kier molecular flexibility index (Phi) is 2.25. The summed E-state index contributed by atoms with van der Waals surface area (Å²) in [5, 5.41) is 2.90. The highest BCUT2D eigenvalue weighted by Crippen LogP contribution is 2.36. The first kappa shape index (κ1) is 10.1. The zero-order valence-corrected chi connectivity index (χ0v) is 8.06. The monoisotopic (exact) mass is 217 g/mol. The molecule has 1 aliphatic heterocycles. The fourth-order valence-electron chi connectivity index (χ4n) is 1.46. The first-order valence-electron chi connectivity index (χ1n) is 4.58. The van der Waals surface area contributed by atoms with Crippen molar-refractivity contribution in [2.24, 2.45) is 0 Å². The van der Waals surface area contributed by atoms with Gasteiger partial charge in [-0.2, -0.15) is 13.2 Å². The highest BCUT2D eigenvalue weighted by atomic mass is 19.4. The molecule has 82 valence electrons. The van der Waals surface area contributed by atoms with Gasteiger partial charge in [0.15, 0.2) is 0 Å². The van der Waals surface area contributed by atoms with Crippen molar-refractivity contribution in [2.45, 2.75) is 19.2 Å². The van der Waals surface area contributed by atoms with Gasteiger partial charge in [-0.1, -0.05) is 0 Å². The molecule has 1 unspecified atom stereocenters. The van der Waals surface area contributed by atoms with E-state index in [-0.39, 0.29) is 6.10 Å². The molecule has 0 radical (unpaired) electrons. The average Bonchev–Trinajstić information content (AvgIpc) is 2.15. The van der Waals surface area contributed by atoms with Gasteiger partial charge in [-0.3, -0.25) is 0 Å². The van der Waals surface area contributed by atoms with Gasteiger partial charge < -0.3 is 10.1 Å². The van der Waals surface area contributed by atoms with Crippen LogP contribution in [0.4, 0.5) is 18.9 Å². The van der Waals surface area contributed by atoms with Gasteiger partial charge in [0.25, 0.3) is 0 Å². The Hall–Kier alpha value is -1.39. The minimum atomic E-state index is -4.31. The molecule has 1 heterocycles. The largest absolute Gasteiger partial charge is 0.487 e. The van der Waals surface area contributed by atoms with Gasteiger partial charge in [0, 0.05) is 0 Å². The number of hydrogen-bond donors (Lipinski definition) is 1. The predicted molar refractivity (Wildman–Crippen MR) is 50.0 cm³/mol. The molecule has 0 saturated carbocycles. The molecule has 0 amide bonds. The van der Waals surface area contributed by atoms with E-state index in [0.717, 1.165) is 12.1 Å². The van der Waals surface area contributed by atoms with Crippen molar-refractivity contribution in [2.75, 3.05) is 11.9 Å². The molecule has 0 spiro atoms. The Bertz CT molecular complexity index is 375. The summed E-state index contributed by atoms with van der Waals surface area (Å²) < 4.78 is 42.5. The predicted octanol–water partition coefficient (Wildman–Crippen LogP) is 2.90. The summed E-state index contributed by atoms with van der Waals surface area (Å²) in [4.78, 5) is 0. The van der Waals surface area contributed by atoms with Gasteiger partial charge in [-0.15, -0.1) is 0 Å². The van der Waals surface area contributed by atoms with Crippen LogP contribution in [0, 0.1) is 0 Å². The molecule has 1 atom stereocenters. The number of rotatable bonds is 0. The summed E-state index contributed by atoms with van der Waals surface area (Å²) in [6.07, 6.45) is -4.33. The Balaban J connectivity index is 2.35. The third kappa shape index (κ3) is 2.00. The number of anilines is 1. The van der Waals surface area contributed by atoms with Crippen molar-refractivity contribution in [3.8, 4) is 5.75 Å². The second-order valence-corrected chi connectivity index (χ2v) is 3.52. The molecular weight excluding hydrogens is 207 g/mol. The Morgan fingerprint density at radius 2 is 2.13 bits per heavy atom. The summed E-state index contributed by atoms with van der Waals surface area (Å²) in [7, 11) is 0. The van der Waals surface area contributed by atoms with Crippen molar-refractivity contribution in [3.63, 3.8) is 0 Å². The molecule has 15 heavy (non-hydrogen) atoms. The summed E-state index contributed by atoms with van der Waals surface area (Å²) in [5.41, 5.74) is -0.255. The summed E-state index contributed by atoms with van der Waals surface area (Å²) >= 11 is 0. The molecule has 1 aromatic carbocycles. The second kappa shape index (κ2) is 3.32. The minimum Gasteiger partial charge on any atom is -0.487 e. The number of benzene rings is 1. The van der Waals surface area contributed by atoms with Crippen LogP contribution in [0.2, 0.25) is 0 Å². The highest BCUT2D eigenvalue weighted by Gasteiger charge is 2.31. The lowest BCUT2D eigenvalue weighted by atomic mass is 10.1. The Morgan fingerprint density at radius 3 is 2.80 bits per heavy atom. The quantitative estimate of drug-likeness (QED) is 0.721. The van der Waals surface area contributed by atoms with Crippen molar-refractivity contribution in [1.29, 1.82) is 0 Å². The molecule has 5 heteroatoms. The van der Waals surface area contributed by atoms with Crippen LogP contribution in [0.25, 0.3) is 0 Å².